The van der Waals surface area contributed by atoms with Gasteiger partial charge in [-0.3, -0.25) is 5.41 Å². The van der Waals surface area contributed by atoms with Crippen molar-refractivity contribution in [3.05, 3.63) is 59.2 Å². The minimum atomic E-state index is 0.00901. The fourth-order valence-corrected chi connectivity index (χ4v) is 1.85. The van der Waals surface area contributed by atoms with Crippen molar-refractivity contribution in [2.45, 2.75) is 13.5 Å². The summed E-state index contributed by atoms with van der Waals surface area (Å²) in [5.74, 6) is 1.46. The Morgan fingerprint density at radius 1 is 1.15 bits per heavy atom. The fraction of sp³-hybridized carbons (Fsp3) is 0.188. The van der Waals surface area contributed by atoms with Gasteiger partial charge in [0.05, 0.1) is 12.7 Å². The van der Waals surface area contributed by atoms with Gasteiger partial charge in [0.1, 0.15) is 23.9 Å². The summed E-state index contributed by atoms with van der Waals surface area (Å²) < 4.78 is 10.9. The first-order chi connectivity index (χ1) is 9.60. The molecule has 2 rings (SSSR count). The standard InChI is InChI=1S/C16H18N2O2/c1-11-3-8-14(16(17)18)15(9-11)20-10-12-4-6-13(19-2)7-5-12/h3-9H,10H2,1-2H3,(H3,17,18). The first-order valence-corrected chi connectivity index (χ1v) is 6.31. The summed E-state index contributed by atoms with van der Waals surface area (Å²) in [4.78, 5) is 0. The van der Waals surface area contributed by atoms with Crippen molar-refractivity contribution in [1.82, 2.24) is 0 Å². The molecule has 2 aromatic rings. The maximum Gasteiger partial charge on any atom is 0.130 e. The predicted octanol–water partition coefficient (Wildman–Crippen LogP) is 2.87. The molecule has 0 radical (unpaired) electrons. The van der Waals surface area contributed by atoms with Crippen LogP contribution in [0.1, 0.15) is 16.7 Å². The Kier molecular flexibility index (Phi) is 4.25. The van der Waals surface area contributed by atoms with Crippen molar-refractivity contribution in [1.29, 1.82) is 5.41 Å². The average Bonchev–Trinajstić information content (AvgIpc) is 2.45. The second-order valence-electron chi connectivity index (χ2n) is 4.55. The van der Waals surface area contributed by atoms with Gasteiger partial charge in [0.25, 0.3) is 0 Å². The molecule has 0 aliphatic heterocycles. The van der Waals surface area contributed by atoms with Gasteiger partial charge < -0.3 is 15.2 Å². The van der Waals surface area contributed by atoms with E-state index in [0.29, 0.717) is 17.9 Å². The van der Waals surface area contributed by atoms with E-state index in [0.717, 1.165) is 16.9 Å². The lowest BCUT2D eigenvalue weighted by Gasteiger charge is -2.12. The number of hydrogen-bond acceptors (Lipinski definition) is 3. The number of benzene rings is 2. The third-order valence-corrected chi connectivity index (χ3v) is 2.98. The van der Waals surface area contributed by atoms with E-state index in [9.17, 15) is 0 Å². The number of rotatable bonds is 5. The molecule has 0 heterocycles. The molecule has 3 N–H and O–H groups in total. The van der Waals surface area contributed by atoms with E-state index < -0.39 is 0 Å². The first-order valence-electron chi connectivity index (χ1n) is 6.31. The Morgan fingerprint density at radius 3 is 2.45 bits per heavy atom. The van der Waals surface area contributed by atoms with E-state index in [1.807, 2.05) is 43.3 Å². The predicted molar refractivity (Wildman–Crippen MR) is 79.5 cm³/mol. The molecule has 0 atom stereocenters. The van der Waals surface area contributed by atoms with Crippen LogP contribution in [0.15, 0.2) is 42.5 Å². The van der Waals surface area contributed by atoms with Crippen LogP contribution in [0.4, 0.5) is 0 Å². The van der Waals surface area contributed by atoms with Crippen molar-refractivity contribution in [2.75, 3.05) is 7.11 Å². The monoisotopic (exact) mass is 270 g/mol. The molecule has 0 spiro atoms. The minimum Gasteiger partial charge on any atom is -0.497 e. The van der Waals surface area contributed by atoms with Gasteiger partial charge in [0.2, 0.25) is 0 Å². The third-order valence-electron chi connectivity index (χ3n) is 2.98. The molecule has 0 aromatic heterocycles. The second kappa shape index (κ2) is 6.10. The van der Waals surface area contributed by atoms with E-state index in [-0.39, 0.29) is 5.84 Å². The zero-order chi connectivity index (χ0) is 14.5. The Morgan fingerprint density at radius 2 is 1.85 bits per heavy atom. The van der Waals surface area contributed by atoms with E-state index >= 15 is 0 Å². The zero-order valence-electron chi connectivity index (χ0n) is 11.6. The number of nitrogens with two attached hydrogens (primary N) is 1. The zero-order valence-corrected chi connectivity index (χ0v) is 11.6. The van der Waals surface area contributed by atoms with Crippen molar-refractivity contribution in [3.8, 4) is 11.5 Å². The molecule has 0 aliphatic rings. The molecule has 20 heavy (non-hydrogen) atoms. The van der Waals surface area contributed by atoms with Crippen LogP contribution < -0.4 is 15.2 Å². The Labute approximate surface area is 118 Å². The molecule has 104 valence electrons. The smallest absolute Gasteiger partial charge is 0.130 e. The van der Waals surface area contributed by atoms with Gasteiger partial charge in [-0.15, -0.1) is 0 Å². The van der Waals surface area contributed by atoms with Crippen LogP contribution in [0.5, 0.6) is 11.5 Å². The van der Waals surface area contributed by atoms with Gasteiger partial charge in [-0.1, -0.05) is 18.2 Å². The van der Waals surface area contributed by atoms with Crippen molar-refractivity contribution >= 4 is 5.84 Å². The van der Waals surface area contributed by atoms with Crippen LogP contribution in [-0.2, 0) is 6.61 Å². The Balaban J connectivity index is 2.13. The number of amidine groups is 1. The van der Waals surface area contributed by atoms with E-state index in [2.05, 4.69) is 0 Å². The Hall–Kier alpha value is -2.49. The lowest BCUT2D eigenvalue weighted by molar-refractivity contribution is 0.305. The molecule has 0 amide bonds. The number of methoxy groups -OCH3 is 1. The highest BCUT2D eigenvalue weighted by molar-refractivity contribution is 5.97. The van der Waals surface area contributed by atoms with E-state index in [1.165, 1.54) is 0 Å². The molecule has 0 unspecified atom stereocenters. The van der Waals surface area contributed by atoms with Gasteiger partial charge in [-0.25, -0.2) is 0 Å². The lowest BCUT2D eigenvalue weighted by Crippen LogP contribution is -2.13. The summed E-state index contributed by atoms with van der Waals surface area (Å²) in [6, 6.07) is 13.3. The summed E-state index contributed by atoms with van der Waals surface area (Å²) in [6.45, 7) is 2.40. The minimum absolute atomic E-state index is 0.00901. The normalized spacial score (nSPS) is 10.1. The van der Waals surface area contributed by atoms with Crippen LogP contribution in [0.25, 0.3) is 0 Å². The number of nitrogens with one attached hydrogen (secondary N) is 1. The van der Waals surface area contributed by atoms with Gasteiger partial charge in [-0.2, -0.15) is 0 Å². The van der Waals surface area contributed by atoms with E-state index in [4.69, 9.17) is 20.6 Å². The average molecular weight is 270 g/mol. The quantitative estimate of drug-likeness (QED) is 0.648. The fourth-order valence-electron chi connectivity index (χ4n) is 1.85. The molecule has 0 bridgehead atoms. The highest BCUT2D eigenvalue weighted by Crippen LogP contribution is 2.21. The van der Waals surface area contributed by atoms with E-state index in [1.54, 1.807) is 13.2 Å². The summed E-state index contributed by atoms with van der Waals surface area (Å²) in [7, 11) is 1.64. The van der Waals surface area contributed by atoms with Crippen LogP contribution in [0, 0.1) is 12.3 Å². The molecule has 0 saturated carbocycles. The van der Waals surface area contributed by atoms with Gasteiger partial charge in [0.15, 0.2) is 0 Å². The summed E-state index contributed by atoms with van der Waals surface area (Å²) in [5, 5.41) is 7.56. The van der Waals surface area contributed by atoms with Gasteiger partial charge in [-0.05, 0) is 42.3 Å². The maximum atomic E-state index is 7.56. The van der Waals surface area contributed by atoms with Crippen LogP contribution in [0.2, 0.25) is 0 Å². The molecule has 4 heteroatoms. The third kappa shape index (κ3) is 3.29. The van der Waals surface area contributed by atoms with Crippen LogP contribution >= 0.6 is 0 Å². The summed E-state index contributed by atoms with van der Waals surface area (Å²) in [5.41, 5.74) is 8.27. The molecule has 0 aliphatic carbocycles. The topological polar surface area (TPSA) is 68.3 Å². The van der Waals surface area contributed by atoms with Crippen molar-refractivity contribution in [2.24, 2.45) is 5.73 Å². The van der Waals surface area contributed by atoms with Crippen molar-refractivity contribution in [3.63, 3.8) is 0 Å². The summed E-state index contributed by atoms with van der Waals surface area (Å²) >= 11 is 0. The van der Waals surface area contributed by atoms with Crippen LogP contribution in [-0.4, -0.2) is 12.9 Å². The SMILES string of the molecule is COc1ccc(COc2cc(C)ccc2C(=N)N)cc1. The van der Waals surface area contributed by atoms with Gasteiger partial charge in [0, 0.05) is 0 Å². The molecule has 0 fully saturated rings. The number of nitrogen functional groups attached to an aromatic ring is 1. The number of aryl methyl sites for hydroxylation is 1. The molecular formula is C16H18N2O2. The number of ether oxygens (including phenoxy) is 2. The lowest BCUT2D eigenvalue weighted by atomic mass is 10.1. The maximum absolute atomic E-state index is 7.56. The van der Waals surface area contributed by atoms with Gasteiger partial charge >= 0.3 is 0 Å². The van der Waals surface area contributed by atoms with Crippen LogP contribution in [0.3, 0.4) is 0 Å². The molecule has 2 aromatic carbocycles. The molecular weight excluding hydrogens is 252 g/mol. The van der Waals surface area contributed by atoms with Crippen molar-refractivity contribution < 1.29 is 9.47 Å². The molecule has 4 nitrogen and oxygen atoms in total. The largest absolute Gasteiger partial charge is 0.497 e. The first kappa shape index (κ1) is 13.9. The second-order valence-corrected chi connectivity index (χ2v) is 4.55. The highest BCUT2D eigenvalue weighted by Gasteiger charge is 2.07. The molecule has 0 saturated heterocycles. The Bertz CT molecular complexity index is 606. The summed E-state index contributed by atoms with van der Waals surface area (Å²) in [6.07, 6.45) is 0. The number of hydrogen-bond donors (Lipinski definition) is 2. The highest BCUT2D eigenvalue weighted by atomic mass is 16.5.